The second-order valence-electron chi connectivity index (χ2n) is 1.03. The Hall–Kier alpha value is -0.860. The van der Waals surface area contributed by atoms with E-state index < -0.39 is 0 Å². The molecule has 3 heteroatoms. The van der Waals surface area contributed by atoms with Crippen molar-refractivity contribution in [1.29, 1.82) is 0 Å². The summed E-state index contributed by atoms with van der Waals surface area (Å²) in [6.45, 7) is 1.05. The first-order valence-electron chi connectivity index (χ1n) is 1.78. The van der Waals surface area contributed by atoms with Crippen LogP contribution in [0.25, 0.3) is 0 Å². The van der Waals surface area contributed by atoms with Crippen LogP contribution in [0.5, 0.6) is 0 Å². The van der Waals surface area contributed by atoms with E-state index in [2.05, 4.69) is 11.1 Å². The Balaban J connectivity index is 2.49. The number of hydrogen-bond acceptors (Lipinski definition) is 2. The van der Waals surface area contributed by atoms with E-state index in [0.717, 1.165) is 12.9 Å². The first-order valence-corrected chi connectivity index (χ1v) is 1.78. The molecule has 0 aromatic carbocycles. The molecule has 0 atom stereocenters. The molecule has 0 unspecified atom stereocenters. The second-order valence-corrected chi connectivity index (χ2v) is 1.03. The van der Waals surface area contributed by atoms with E-state index in [1.54, 1.807) is 0 Å². The van der Waals surface area contributed by atoms with Crippen molar-refractivity contribution in [2.75, 3.05) is 0 Å². The summed E-state index contributed by atoms with van der Waals surface area (Å²) in [5.74, 6) is 0. The third kappa shape index (κ3) is 0.994. The molecule has 0 aromatic heterocycles. The predicted molar refractivity (Wildman–Crippen MR) is 23.6 cm³/mol. The molecular formula is C4H3FN2. The van der Waals surface area contributed by atoms with E-state index in [1.807, 2.05) is 0 Å². The maximum Gasteiger partial charge on any atom is 0.193 e. The summed E-state index contributed by atoms with van der Waals surface area (Å²) in [4.78, 5) is 3.42. The van der Waals surface area contributed by atoms with E-state index in [4.69, 9.17) is 0 Å². The molecule has 1 rings (SSSR count). The highest BCUT2D eigenvalue weighted by atomic mass is 19.2. The van der Waals surface area contributed by atoms with Crippen LogP contribution in [0.4, 0.5) is 4.48 Å². The van der Waals surface area contributed by atoms with Gasteiger partial charge in [-0.2, -0.15) is 5.12 Å². The minimum absolute atomic E-state index is 0.333. The molecule has 0 aliphatic carbocycles. The van der Waals surface area contributed by atoms with E-state index in [-0.39, 0.29) is 0 Å². The molecule has 1 aliphatic heterocycles. The van der Waals surface area contributed by atoms with Gasteiger partial charge in [-0.25, -0.2) is 0 Å². The molecule has 0 N–H and O–H groups in total. The van der Waals surface area contributed by atoms with E-state index >= 15 is 0 Å². The molecule has 0 saturated heterocycles. The summed E-state index contributed by atoms with van der Waals surface area (Å²) >= 11 is 0. The second kappa shape index (κ2) is 1.73. The maximum absolute atomic E-state index is 11.7. The monoisotopic (exact) mass is 98.0 g/mol. The average molecular weight is 98.1 g/mol. The van der Waals surface area contributed by atoms with Crippen LogP contribution in [0.15, 0.2) is 11.2 Å². The largest absolute Gasteiger partial charge is 0.260 e. The third-order valence-electron chi connectivity index (χ3n) is 0.524. The Morgan fingerprint density at radius 1 is 1.71 bits per heavy atom. The summed E-state index contributed by atoms with van der Waals surface area (Å²) < 4.78 is 11.7. The molecule has 0 bridgehead atoms. The Morgan fingerprint density at radius 2 is 2.57 bits per heavy atom. The van der Waals surface area contributed by atoms with Crippen LogP contribution in [0, 0.1) is 12.7 Å². The van der Waals surface area contributed by atoms with Gasteiger partial charge in [0.15, 0.2) is 6.67 Å². The fraction of sp³-hybridized carbons (Fsp3) is 0. The SMILES string of the molecule is FN1[CH]N=C[C]=C1. The van der Waals surface area contributed by atoms with Gasteiger partial charge in [-0.15, -0.1) is 0 Å². The molecular weight excluding hydrogens is 95.1 g/mol. The van der Waals surface area contributed by atoms with Gasteiger partial charge in [0, 0.05) is 18.5 Å². The van der Waals surface area contributed by atoms with E-state index in [1.165, 1.54) is 6.21 Å². The summed E-state index contributed by atoms with van der Waals surface area (Å²) in [7, 11) is 0. The van der Waals surface area contributed by atoms with Crippen molar-refractivity contribution in [1.82, 2.24) is 5.12 Å². The molecule has 1 heterocycles. The molecule has 0 fully saturated rings. The predicted octanol–water partition coefficient (Wildman–Crippen LogP) is 0.693. The summed E-state index contributed by atoms with van der Waals surface area (Å²) in [5.41, 5.74) is 0. The zero-order chi connectivity index (χ0) is 5.11. The van der Waals surface area contributed by atoms with Gasteiger partial charge in [-0.1, -0.05) is 4.48 Å². The fourth-order valence-corrected chi connectivity index (χ4v) is 0.278. The van der Waals surface area contributed by atoms with E-state index in [0.29, 0.717) is 5.12 Å². The van der Waals surface area contributed by atoms with Gasteiger partial charge in [-0.3, -0.25) is 4.99 Å². The number of allylic oxidation sites excluding steroid dienone is 1. The highest BCUT2D eigenvalue weighted by molar-refractivity contribution is 5.67. The molecule has 1 aliphatic rings. The summed E-state index contributed by atoms with van der Waals surface area (Å²) in [5, 5.41) is 0.333. The van der Waals surface area contributed by atoms with Crippen LogP contribution in [-0.4, -0.2) is 11.3 Å². The molecule has 0 amide bonds. The minimum Gasteiger partial charge on any atom is -0.260 e. The Labute approximate surface area is 40.9 Å². The van der Waals surface area contributed by atoms with Crippen molar-refractivity contribution in [3.8, 4) is 0 Å². The highest BCUT2D eigenvalue weighted by Crippen LogP contribution is 1.97. The first-order chi connectivity index (χ1) is 3.39. The van der Waals surface area contributed by atoms with Crippen LogP contribution in [0.2, 0.25) is 0 Å². The lowest BCUT2D eigenvalue weighted by atomic mass is 10.6. The first kappa shape index (κ1) is 4.30. The van der Waals surface area contributed by atoms with Crippen molar-refractivity contribution in [2.24, 2.45) is 4.99 Å². The normalized spacial score (nSPS) is 18.1. The van der Waals surface area contributed by atoms with Crippen LogP contribution in [0.1, 0.15) is 0 Å². The highest BCUT2D eigenvalue weighted by Gasteiger charge is 1.94. The molecule has 2 radical (unpaired) electrons. The van der Waals surface area contributed by atoms with E-state index in [9.17, 15) is 4.48 Å². The van der Waals surface area contributed by atoms with Gasteiger partial charge in [-0.05, 0) is 0 Å². The third-order valence-corrected chi connectivity index (χ3v) is 0.524. The summed E-state index contributed by atoms with van der Waals surface area (Å²) in [6.07, 6.45) is 4.97. The minimum atomic E-state index is 0.333. The average Bonchev–Trinajstić information content (AvgIpc) is 1.69. The molecule has 0 spiro atoms. The van der Waals surface area contributed by atoms with Gasteiger partial charge in [0.2, 0.25) is 0 Å². The molecule has 2 nitrogen and oxygen atoms in total. The lowest BCUT2D eigenvalue weighted by Gasteiger charge is -2.03. The fourth-order valence-electron chi connectivity index (χ4n) is 0.278. The van der Waals surface area contributed by atoms with Crippen molar-refractivity contribution >= 4 is 6.21 Å². The van der Waals surface area contributed by atoms with Gasteiger partial charge < -0.3 is 0 Å². The molecule has 36 valence electrons. The topological polar surface area (TPSA) is 15.6 Å². The molecule has 7 heavy (non-hydrogen) atoms. The van der Waals surface area contributed by atoms with Crippen molar-refractivity contribution in [3.05, 3.63) is 18.9 Å². The maximum atomic E-state index is 11.7. The lowest BCUT2D eigenvalue weighted by molar-refractivity contribution is 0.128. The summed E-state index contributed by atoms with van der Waals surface area (Å²) in [6, 6.07) is 0. The number of halogens is 1. The van der Waals surface area contributed by atoms with Crippen molar-refractivity contribution in [2.45, 2.75) is 0 Å². The van der Waals surface area contributed by atoms with Gasteiger partial charge in [0.25, 0.3) is 0 Å². The smallest absolute Gasteiger partial charge is 0.193 e. The zero-order valence-corrected chi connectivity index (χ0v) is 3.50. The molecule has 0 aromatic rings. The standard InChI is InChI=1S/C4H3FN2/c5-7-3-1-2-6-4-7/h2-4H. The quantitative estimate of drug-likeness (QED) is 0.407. The van der Waals surface area contributed by atoms with Crippen LogP contribution in [0.3, 0.4) is 0 Å². The lowest BCUT2D eigenvalue weighted by Crippen LogP contribution is -2.01. The van der Waals surface area contributed by atoms with Crippen LogP contribution >= 0.6 is 0 Å². The van der Waals surface area contributed by atoms with Crippen molar-refractivity contribution in [3.63, 3.8) is 0 Å². The van der Waals surface area contributed by atoms with Crippen LogP contribution < -0.4 is 0 Å². The Morgan fingerprint density at radius 3 is 2.86 bits per heavy atom. The number of nitrogens with zero attached hydrogens (tertiary/aromatic N) is 2. The number of rotatable bonds is 0. The van der Waals surface area contributed by atoms with Crippen molar-refractivity contribution < 1.29 is 4.48 Å². The van der Waals surface area contributed by atoms with Gasteiger partial charge >= 0.3 is 0 Å². The molecule has 0 saturated carbocycles. The Kier molecular flexibility index (Phi) is 1.06. The van der Waals surface area contributed by atoms with Gasteiger partial charge in [0.1, 0.15) is 0 Å². The Bertz CT molecular complexity index is 108. The van der Waals surface area contributed by atoms with Gasteiger partial charge in [0.05, 0.1) is 0 Å². The number of hydrogen-bond donors (Lipinski definition) is 0. The zero-order valence-electron chi connectivity index (χ0n) is 3.50. The number of aliphatic imine (C=N–C) groups is 1. The van der Waals surface area contributed by atoms with Crippen LogP contribution in [-0.2, 0) is 0 Å².